The third-order valence-corrected chi connectivity index (χ3v) is 3.16. The number of hydrogen-bond donors (Lipinski definition) is 2. The van der Waals surface area contributed by atoms with Crippen LogP contribution >= 0.6 is 0 Å². The molecule has 1 rings (SSSR count). The molecule has 0 aromatic heterocycles. The molecule has 1 aromatic carbocycles. The van der Waals surface area contributed by atoms with Gasteiger partial charge >= 0.3 is 0 Å². The van der Waals surface area contributed by atoms with Gasteiger partial charge in [0.25, 0.3) is 0 Å². The van der Waals surface area contributed by atoms with E-state index in [1.165, 1.54) is 0 Å². The molecular weight excluding hydrogens is 230 g/mol. The van der Waals surface area contributed by atoms with E-state index in [4.69, 9.17) is 10.5 Å². The maximum Gasteiger partial charge on any atom is 0.239 e. The van der Waals surface area contributed by atoms with Crippen molar-refractivity contribution >= 4 is 11.6 Å². The van der Waals surface area contributed by atoms with E-state index in [1.54, 1.807) is 21.1 Å². The van der Waals surface area contributed by atoms with Gasteiger partial charge in [-0.1, -0.05) is 0 Å². The highest BCUT2D eigenvalue weighted by molar-refractivity contribution is 5.85. The lowest BCUT2D eigenvalue weighted by molar-refractivity contribution is -0.123. The molecule has 0 saturated heterocycles. The Kier molecular flexibility index (Phi) is 4.55. The fraction of sp³-hybridized carbons (Fsp3) is 0.462. The Labute approximate surface area is 108 Å². The predicted molar refractivity (Wildman–Crippen MR) is 72.9 cm³/mol. The second-order valence-corrected chi connectivity index (χ2v) is 4.50. The zero-order valence-corrected chi connectivity index (χ0v) is 11.4. The highest BCUT2D eigenvalue weighted by Crippen LogP contribution is 2.19. The third-order valence-electron chi connectivity index (χ3n) is 3.16. The summed E-state index contributed by atoms with van der Waals surface area (Å²) >= 11 is 0. The Morgan fingerprint density at radius 3 is 2.39 bits per heavy atom. The molecule has 0 bridgehead atoms. The molecule has 0 aliphatic carbocycles. The molecule has 0 fully saturated rings. The van der Waals surface area contributed by atoms with E-state index in [2.05, 4.69) is 5.32 Å². The molecular formula is C13H21N3O2. The average Bonchev–Trinajstić information content (AvgIpc) is 2.38. The highest BCUT2D eigenvalue weighted by atomic mass is 16.5. The first-order valence-electron chi connectivity index (χ1n) is 5.77. The summed E-state index contributed by atoms with van der Waals surface area (Å²) in [6.07, 6.45) is 0. The minimum atomic E-state index is -0.755. The Morgan fingerprint density at radius 2 is 2.00 bits per heavy atom. The van der Waals surface area contributed by atoms with E-state index >= 15 is 0 Å². The number of likely N-dealkylation sites (N-methyl/N-ethyl adjacent to an activating group) is 2. The van der Waals surface area contributed by atoms with Crippen LogP contribution in [0.25, 0.3) is 0 Å². The third kappa shape index (κ3) is 3.13. The number of hydrogen-bond acceptors (Lipinski definition) is 4. The Morgan fingerprint density at radius 1 is 1.44 bits per heavy atom. The predicted octanol–water partition coefficient (Wildman–Crippen LogP) is 0.595. The van der Waals surface area contributed by atoms with Crippen LogP contribution in [0.15, 0.2) is 24.3 Å². The van der Waals surface area contributed by atoms with Gasteiger partial charge in [0.1, 0.15) is 11.3 Å². The number of benzene rings is 1. The van der Waals surface area contributed by atoms with Crippen LogP contribution < -0.4 is 20.7 Å². The van der Waals surface area contributed by atoms with Crippen LogP contribution in [-0.2, 0) is 4.79 Å². The van der Waals surface area contributed by atoms with Crippen molar-refractivity contribution < 1.29 is 9.53 Å². The lowest BCUT2D eigenvalue weighted by atomic mass is 10.0. The fourth-order valence-corrected chi connectivity index (χ4v) is 1.68. The molecule has 0 aliphatic rings. The molecule has 100 valence electrons. The number of carbonyl (C=O) groups excluding carboxylic acids is 1. The summed E-state index contributed by atoms with van der Waals surface area (Å²) in [5, 5.41) is 2.96. The van der Waals surface area contributed by atoms with Crippen LogP contribution in [0.1, 0.15) is 6.92 Å². The van der Waals surface area contributed by atoms with E-state index in [0.717, 1.165) is 11.4 Å². The van der Waals surface area contributed by atoms with Gasteiger partial charge in [0, 0.05) is 19.3 Å². The Hall–Kier alpha value is -1.75. The second kappa shape index (κ2) is 5.73. The number of amides is 1. The lowest BCUT2D eigenvalue weighted by Gasteiger charge is -2.32. The van der Waals surface area contributed by atoms with E-state index in [9.17, 15) is 4.79 Å². The van der Waals surface area contributed by atoms with Crippen LogP contribution in [0.3, 0.4) is 0 Å². The number of carbonyl (C=O) groups is 1. The monoisotopic (exact) mass is 251 g/mol. The molecule has 0 saturated carbocycles. The summed E-state index contributed by atoms with van der Waals surface area (Å²) in [7, 11) is 5.27. The number of anilines is 1. The molecule has 5 nitrogen and oxygen atoms in total. The molecule has 3 N–H and O–H groups in total. The minimum Gasteiger partial charge on any atom is -0.497 e. The minimum absolute atomic E-state index is 0.370. The number of nitrogens with two attached hydrogens (primary N) is 1. The fourth-order valence-electron chi connectivity index (χ4n) is 1.68. The number of nitrogens with one attached hydrogen (secondary N) is 1. The lowest BCUT2D eigenvalue weighted by Crippen LogP contribution is -2.58. The van der Waals surface area contributed by atoms with Crippen molar-refractivity contribution in [2.24, 2.45) is 5.73 Å². The molecule has 1 amide bonds. The summed E-state index contributed by atoms with van der Waals surface area (Å²) in [6, 6.07) is 7.64. The average molecular weight is 251 g/mol. The first kappa shape index (κ1) is 14.3. The molecule has 0 aliphatic heterocycles. The zero-order valence-electron chi connectivity index (χ0n) is 11.4. The van der Waals surface area contributed by atoms with E-state index in [1.807, 2.05) is 36.2 Å². The molecule has 0 radical (unpaired) electrons. The van der Waals surface area contributed by atoms with E-state index in [0.29, 0.717) is 6.54 Å². The molecule has 0 spiro atoms. The van der Waals surface area contributed by atoms with Crippen LogP contribution in [0, 0.1) is 0 Å². The van der Waals surface area contributed by atoms with Gasteiger partial charge in [-0.2, -0.15) is 0 Å². The van der Waals surface area contributed by atoms with E-state index < -0.39 is 5.54 Å². The summed E-state index contributed by atoms with van der Waals surface area (Å²) in [4.78, 5) is 13.4. The summed E-state index contributed by atoms with van der Waals surface area (Å²) in [5.74, 6) is 0.434. The normalized spacial score (nSPS) is 13.8. The van der Waals surface area contributed by atoms with Crippen molar-refractivity contribution in [3.05, 3.63) is 24.3 Å². The number of nitrogens with zero attached hydrogens (tertiary/aromatic N) is 1. The molecule has 18 heavy (non-hydrogen) atoms. The maximum absolute atomic E-state index is 11.4. The number of rotatable bonds is 6. The van der Waals surface area contributed by atoms with Crippen LogP contribution in [-0.4, -0.2) is 39.2 Å². The first-order chi connectivity index (χ1) is 8.42. The second-order valence-electron chi connectivity index (χ2n) is 4.50. The van der Waals surface area contributed by atoms with Gasteiger partial charge in [-0.3, -0.25) is 4.79 Å². The van der Waals surface area contributed by atoms with Crippen molar-refractivity contribution in [1.82, 2.24) is 5.32 Å². The molecule has 1 atom stereocenters. The highest BCUT2D eigenvalue weighted by Gasteiger charge is 2.30. The summed E-state index contributed by atoms with van der Waals surface area (Å²) < 4.78 is 5.10. The molecule has 0 heterocycles. The van der Waals surface area contributed by atoms with Crippen molar-refractivity contribution in [2.45, 2.75) is 12.5 Å². The zero-order chi connectivity index (χ0) is 13.8. The summed E-state index contributed by atoms with van der Waals surface area (Å²) in [6.45, 7) is 2.28. The quantitative estimate of drug-likeness (QED) is 0.776. The van der Waals surface area contributed by atoms with Crippen LogP contribution in [0.4, 0.5) is 5.69 Å². The smallest absolute Gasteiger partial charge is 0.239 e. The number of primary amides is 1. The van der Waals surface area contributed by atoms with Crippen LogP contribution in [0.2, 0.25) is 0 Å². The van der Waals surface area contributed by atoms with Gasteiger partial charge in [-0.25, -0.2) is 0 Å². The van der Waals surface area contributed by atoms with Crippen LogP contribution in [0.5, 0.6) is 5.75 Å². The first-order valence-corrected chi connectivity index (χ1v) is 5.77. The van der Waals surface area contributed by atoms with Gasteiger partial charge in [0.05, 0.1) is 7.11 Å². The van der Waals surface area contributed by atoms with Crippen molar-refractivity contribution in [3.8, 4) is 5.75 Å². The molecule has 1 aromatic rings. The van der Waals surface area contributed by atoms with Crippen molar-refractivity contribution in [3.63, 3.8) is 0 Å². The maximum atomic E-state index is 11.4. The largest absolute Gasteiger partial charge is 0.497 e. The molecule has 1 unspecified atom stereocenters. The van der Waals surface area contributed by atoms with Gasteiger partial charge in [-0.15, -0.1) is 0 Å². The Bertz CT molecular complexity index is 405. The standard InChI is InChI=1S/C13H21N3O2/c1-13(15-2,12(14)17)9-16(3)10-5-7-11(18-4)8-6-10/h5-8,15H,9H2,1-4H3,(H2,14,17). The van der Waals surface area contributed by atoms with Gasteiger partial charge in [0.15, 0.2) is 0 Å². The van der Waals surface area contributed by atoms with Crippen molar-refractivity contribution in [2.75, 3.05) is 32.6 Å². The number of methoxy groups -OCH3 is 1. The summed E-state index contributed by atoms with van der Waals surface area (Å²) in [5.41, 5.74) is 5.65. The van der Waals surface area contributed by atoms with Gasteiger partial charge in [0.2, 0.25) is 5.91 Å². The van der Waals surface area contributed by atoms with Gasteiger partial charge < -0.3 is 20.7 Å². The topological polar surface area (TPSA) is 67.6 Å². The number of ether oxygens (including phenoxy) is 1. The Balaban J connectivity index is 2.80. The molecule has 5 heteroatoms. The SMILES string of the molecule is CNC(C)(CN(C)c1ccc(OC)cc1)C(N)=O. The van der Waals surface area contributed by atoms with Gasteiger partial charge in [-0.05, 0) is 38.2 Å². The van der Waals surface area contributed by atoms with Crippen molar-refractivity contribution in [1.29, 1.82) is 0 Å². The van der Waals surface area contributed by atoms with E-state index in [-0.39, 0.29) is 5.91 Å².